The lowest BCUT2D eigenvalue weighted by atomic mass is 10.2. The zero-order valence-electron chi connectivity index (χ0n) is 18.6. The standard InChI is InChI=1S/C20H14N4.C9H6O2/c1-2-14-10-16-5-6-18(23-16)12-20-8-7-19(24-20)11-17-4-3-15(22-17)9-13(1)21-14;10-9-6-5-7-3-1-2-4-8(7)11-9/h1-12,21-22H;1-6H. The molecule has 0 fully saturated rings. The zero-order chi connectivity index (χ0) is 23.6. The summed E-state index contributed by atoms with van der Waals surface area (Å²) in [6, 6.07) is 27.0. The number of benzene rings is 1. The topological polar surface area (TPSA) is 87.6 Å². The van der Waals surface area contributed by atoms with E-state index in [9.17, 15) is 4.79 Å². The summed E-state index contributed by atoms with van der Waals surface area (Å²) in [6.07, 6.45) is 8.05. The average Bonchev–Trinajstić information content (AvgIpc) is 3.66. The SMILES string of the molecule is C1=Cc2cc3ccc(cc4ccc(cc5nc(cc1n2)C=C5)[nH]4)[nH]3.O=c1ccc2ccccc2o1. The first-order chi connectivity index (χ1) is 17.2. The molecule has 0 aliphatic carbocycles. The maximum atomic E-state index is 10.7. The van der Waals surface area contributed by atoms with Gasteiger partial charge in [0.25, 0.3) is 0 Å². The van der Waals surface area contributed by atoms with Crippen molar-refractivity contribution in [3.8, 4) is 0 Å². The number of hydrogen-bond donors (Lipinski definition) is 2. The lowest BCUT2D eigenvalue weighted by Crippen LogP contribution is -1.93. The summed E-state index contributed by atoms with van der Waals surface area (Å²) >= 11 is 0. The first-order valence-corrected chi connectivity index (χ1v) is 11.2. The highest BCUT2D eigenvalue weighted by molar-refractivity contribution is 5.77. The molecule has 7 rings (SSSR count). The highest BCUT2D eigenvalue weighted by atomic mass is 16.4. The van der Waals surface area contributed by atoms with Crippen LogP contribution in [0.15, 0.2) is 94.1 Å². The van der Waals surface area contributed by atoms with Gasteiger partial charge in [-0.2, -0.15) is 0 Å². The van der Waals surface area contributed by atoms with E-state index in [0.29, 0.717) is 5.58 Å². The molecule has 0 radical (unpaired) electrons. The molecular formula is C29H20N4O2. The molecule has 1 aromatic carbocycles. The van der Waals surface area contributed by atoms with Crippen LogP contribution in [0.4, 0.5) is 0 Å². The molecule has 0 amide bonds. The van der Waals surface area contributed by atoms with E-state index in [-0.39, 0.29) is 5.63 Å². The Kier molecular flexibility index (Phi) is 5.16. The molecule has 8 bridgehead atoms. The quantitative estimate of drug-likeness (QED) is 0.257. The Labute approximate surface area is 200 Å². The minimum absolute atomic E-state index is 0.302. The van der Waals surface area contributed by atoms with Gasteiger partial charge in [-0.15, -0.1) is 0 Å². The molecule has 6 heteroatoms. The molecule has 0 saturated heterocycles. The van der Waals surface area contributed by atoms with Crippen LogP contribution in [0, 0.1) is 0 Å². The molecule has 0 unspecified atom stereocenters. The molecule has 4 aromatic heterocycles. The zero-order valence-corrected chi connectivity index (χ0v) is 18.6. The van der Waals surface area contributed by atoms with Gasteiger partial charge in [-0.3, -0.25) is 0 Å². The van der Waals surface area contributed by atoms with Gasteiger partial charge in [-0.25, -0.2) is 14.8 Å². The molecular weight excluding hydrogens is 436 g/mol. The van der Waals surface area contributed by atoms with Crippen LogP contribution in [0.5, 0.6) is 0 Å². The van der Waals surface area contributed by atoms with Gasteiger partial charge in [-0.1, -0.05) is 18.2 Å². The number of nitrogens with one attached hydrogen (secondary N) is 2. The van der Waals surface area contributed by atoms with E-state index < -0.39 is 0 Å². The van der Waals surface area contributed by atoms with E-state index in [2.05, 4.69) is 50.3 Å². The third-order valence-corrected chi connectivity index (χ3v) is 5.57. The Morgan fingerprint density at radius 3 is 1.66 bits per heavy atom. The number of fused-ring (bicyclic) bond motifs is 9. The number of H-pyrrole nitrogens is 2. The molecule has 0 spiro atoms. The van der Waals surface area contributed by atoms with Crippen molar-refractivity contribution in [2.75, 3.05) is 0 Å². The van der Waals surface area contributed by atoms with E-state index in [0.717, 1.165) is 50.2 Å². The van der Waals surface area contributed by atoms with Gasteiger partial charge in [0.15, 0.2) is 0 Å². The van der Waals surface area contributed by atoms with Crippen molar-refractivity contribution in [2.45, 2.75) is 0 Å². The van der Waals surface area contributed by atoms with E-state index in [1.165, 1.54) is 6.07 Å². The molecule has 168 valence electrons. The maximum Gasteiger partial charge on any atom is 0.336 e. The van der Waals surface area contributed by atoms with Crippen LogP contribution in [-0.4, -0.2) is 19.9 Å². The summed E-state index contributed by atoms with van der Waals surface area (Å²) in [7, 11) is 0. The highest BCUT2D eigenvalue weighted by Gasteiger charge is 2.02. The fourth-order valence-electron chi connectivity index (χ4n) is 3.96. The normalized spacial score (nSPS) is 11.9. The number of para-hydroxylation sites is 1. The summed E-state index contributed by atoms with van der Waals surface area (Å²) < 4.78 is 4.91. The van der Waals surface area contributed by atoms with Crippen molar-refractivity contribution in [1.29, 1.82) is 0 Å². The molecule has 35 heavy (non-hydrogen) atoms. The first-order valence-electron chi connectivity index (χ1n) is 11.2. The summed E-state index contributed by atoms with van der Waals surface area (Å²) in [5.41, 5.74) is 8.20. The van der Waals surface area contributed by atoms with Gasteiger partial charge >= 0.3 is 5.63 Å². The van der Waals surface area contributed by atoms with Crippen molar-refractivity contribution in [3.63, 3.8) is 0 Å². The predicted molar refractivity (Wildman–Crippen MR) is 141 cm³/mol. The molecule has 6 nitrogen and oxygen atoms in total. The van der Waals surface area contributed by atoms with Gasteiger partial charge in [0.1, 0.15) is 5.58 Å². The molecule has 2 aliphatic rings. The minimum atomic E-state index is -0.302. The van der Waals surface area contributed by atoms with Crippen LogP contribution < -0.4 is 5.63 Å². The summed E-state index contributed by atoms with van der Waals surface area (Å²) in [6.45, 7) is 0. The van der Waals surface area contributed by atoms with Crippen molar-refractivity contribution in [3.05, 3.63) is 118 Å². The van der Waals surface area contributed by atoms with Gasteiger partial charge in [-0.05, 0) is 85.0 Å². The van der Waals surface area contributed by atoms with Gasteiger partial charge in [0.05, 0.1) is 22.8 Å². The first kappa shape index (κ1) is 20.6. The molecule has 2 aliphatic heterocycles. The molecule has 5 aromatic rings. The monoisotopic (exact) mass is 456 g/mol. The van der Waals surface area contributed by atoms with Crippen LogP contribution in [0.25, 0.3) is 57.3 Å². The third-order valence-electron chi connectivity index (χ3n) is 5.57. The van der Waals surface area contributed by atoms with Crippen LogP contribution in [0.1, 0.15) is 22.8 Å². The van der Waals surface area contributed by atoms with E-state index in [1.54, 1.807) is 12.1 Å². The second-order valence-corrected chi connectivity index (χ2v) is 8.20. The molecule has 6 heterocycles. The van der Waals surface area contributed by atoms with Crippen LogP contribution >= 0.6 is 0 Å². The minimum Gasteiger partial charge on any atom is -0.423 e. The lowest BCUT2D eigenvalue weighted by molar-refractivity contribution is 0.561. The van der Waals surface area contributed by atoms with Gasteiger partial charge < -0.3 is 14.4 Å². The molecule has 0 saturated carbocycles. The summed E-state index contributed by atoms with van der Waals surface area (Å²) in [5, 5.41) is 0.951. The van der Waals surface area contributed by atoms with E-state index in [4.69, 9.17) is 4.42 Å². The Balaban J connectivity index is 0.000000174. The summed E-state index contributed by atoms with van der Waals surface area (Å²) in [5.74, 6) is 0. The van der Waals surface area contributed by atoms with Crippen LogP contribution in [-0.2, 0) is 0 Å². The van der Waals surface area contributed by atoms with Gasteiger partial charge in [0.2, 0.25) is 0 Å². The van der Waals surface area contributed by atoms with E-state index in [1.807, 2.05) is 60.7 Å². The van der Waals surface area contributed by atoms with E-state index >= 15 is 0 Å². The fraction of sp³-hybridized carbons (Fsp3) is 0. The Bertz CT molecular complexity index is 1750. The van der Waals surface area contributed by atoms with Crippen LogP contribution in [0.3, 0.4) is 0 Å². The van der Waals surface area contributed by atoms with Crippen molar-refractivity contribution in [2.24, 2.45) is 0 Å². The lowest BCUT2D eigenvalue weighted by Gasteiger charge is -1.91. The second-order valence-electron chi connectivity index (χ2n) is 8.20. The predicted octanol–water partition coefficient (Wildman–Crippen LogP) is 6.45. The number of nitrogens with zero attached hydrogens (tertiary/aromatic N) is 2. The van der Waals surface area contributed by atoms with Crippen molar-refractivity contribution in [1.82, 2.24) is 19.9 Å². The molecule has 2 N–H and O–H groups in total. The van der Waals surface area contributed by atoms with Crippen molar-refractivity contribution < 1.29 is 4.42 Å². The van der Waals surface area contributed by atoms with Crippen molar-refractivity contribution >= 4 is 57.3 Å². The maximum absolute atomic E-state index is 10.7. The second kappa shape index (κ2) is 8.76. The average molecular weight is 457 g/mol. The third kappa shape index (κ3) is 4.72. The Morgan fingerprint density at radius 2 is 1.06 bits per heavy atom. The van der Waals surface area contributed by atoms with Gasteiger partial charge in [0, 0.05) is 33.5 Å². The Morgan fingerprint density at radius 1 is 0.543 bits per heavy atom. The molecule has 0 atom stereocenters. The number of aromatic nitrogens is 4. The highest BCUT2D eigenvalue weighted by Crippen LogP contribution is 2.17. The fourth-order valence-corrected chi connectivity index (χ4v) is 3.96. The van der Waals surface area contributed by atoms with Crippen LogP contribution in [0.2, 0.25) is 0 Å². The summed E-state index contributed by atoms with van der Waals surface area (Å²) in [4.78, 5) is 26.7. The smallest absolute Gasteiger partial charge is 0.336 e. The number of rotatable bonds is 0. The number of hydrogen-bond acceptors (Lipinski definition) is 4. The largest absolute Gasteiger partial charge is 0.423 e. The Hall–Kier alpha value is -4.97. The number of aromatic amines is 2.